The van der Waals surface area contributed by atoms with Crippen molar-refractivity contribution < 1.29 is 0 Å². The highest BCUT2D eigenvalue weighted by atomic mass is 79.9. The Morgan fingerprint density at radius 3 is 2.79 bits per heavy atom. The summed E-state index contributed by atoms with van der Waals surface area (Å²) in [4.78, 5) is 18.5. The fraction of sp³-hybridized carbons (Fsp3) is 0.235. The van der Waals surface area contributed by atoms with Gasteiger partial charge in [0.05, 0.1) is 11.6 Å². The molecule has 0 fully saturated rings. The number of halogens is 1. The average Bonchev–Trinajstić information content (AvgIpc) is 2.94. The van der Waals surface area contributed by atoms with Gasteiger partial charge < -0.3 is 5.73 Å². The monoisotopic (exact) mass is 402 g/mol. The standard InChI is InChI=1S/C17H15BrN4OS/c18-11-7-5-10(6-8-11)9-20-22-15(19)14-12-3-1-2-4-13(12)24-16(14)21-17(22)23/h5-9H,1-4,19H2. The van der Waals surface area contributed by atoms with Crippen molar-refractivity contribution >= 4 is 49.5 Å². The molecule has 0 radical (unpaired) electrons. The van der Waals surface area contributed by atoms with E-state index < -0.39 is 5.69 Å². The van der Waals surface area contributed by atoms with Crippen molar-refractivity contribution in [3.63, 3.8) is 0 Å². The number of thiophene rings is 1. The predicted octanol–water partition coefficient (Wildman–Crippen LogP) is 3.56. The molecule has 0 saturated heterocycles. The van der Waals surface area contributed by atoms with E-state index in [1.807, 2.05) is 24.3 Å². The van der Waals surface area contributed by atoms with E-state index >= 15 is 0 Å². The highest BCUT2D eigenvalue weighted by molar-refractivity contribution is 9.10. The van der Waals surface area contributed by atoms with E-state index in [-0.39, 0.29) is 0 Å². The van der Waals surface area contributed by atoms with Gasteiger partial charge in [-0.3, -0.25) is 0 Å². The minimum atomic E-state index is -0.438. The second-order valence-corrected chi connectivity index (χ2v) is 7.78. The molecule has 2 aromatic heterocycles. The van der Waals surface area contributed by atoms with Crippen molar-refractivity contribution in [2.24, 2.45) is 5.10 Å². The highest BCUT2D eigenvalue weighted by Crippen LogP contribution is 2.37. The van der Waals surface area contributed by atoms with Crippen molar-refractivity contribution in [1.82, 2.24) is 9.66 Å². The first kappa shape index (κ1) is 15.5. The van der Waals surface area contributed by atoms with Crippen LogP contribution < -0.4 is 11.4 Å². The van der Waals surface area contributed by atoms with Gasteiger partial charge in [0.2, 0.25) is 0 Å². The second-order valence-electron chi connectivity index (χ2n) is 5.78. The molecule has 5 nitrogen and oxygen atoms in total. The number of nitrogens with two attached hydrogens (primary N) is 1. The SMILES string of the molecule is Nc1c2c3c(sc2nc(=O)n1N=Cc1ccc(Br)cc1)CCCC3. The lowest BCUT2D eigenvalue weighted by Gasteiger charge is -2.11. The second kappa shape index (κ2) is 6.14. The lowest BCUT2D eigenvalue weighted by molar-refractivity contribution is 0.699. The van der Waals surface area contributed by atoms with Gasteiger partial charge in [0.1, 0.15) is 10.6 Å². The van der Waals surface area contributed by atoms with Crippen molar-refractivity contribution in [2.45, 2.75) is 25.7 Å². The number of benzene rings is 1. The first-order valence-electron chi connectivity index (χ1n) is 7.76. The number of fused-ring (bicyclic) bond motifs is 3. The van der Waals surface area contributed by atoms with E-state index in [4.69, 9.17) is 5.73 Å². The number of anilines is 1. The number of aromatic nitrogens is 2. The van der Waals surface area contributed by atoms with Gasteiger partial charge in [0, 0.05) is 9.35 Å². The van der Waals surface area contributed by atoms with Crippen LogP contribution in [0.1, 0.15) is 28.8 Å². The molecule has 7 heteroatoms. The van der Waals surface area contributed by atoms with Crippen molar-refractivity contribution in [3.05, 3.63) is 55.2 Å². The van der Waals surface area contributed by atoms with Crippen LogP contribution in [0.25, 0.3) is 10.2 Å². The number of nitrogens with zero attached hydrogens (tertiary/aromatic N) is 3. The Bertz CT molecular complexity index is 1000. The number of rotatable bonds is 2. The van der Waals surface area contributed by atoms with Gasteiger partial charge in [0.15, 0.2) is 0 Å². The highest BCUT2D eigenvalue weighted by Gasteiger charge is 2.21. The van der Waals surface area contributed by atoms with Gasteiger partial charge in [0.25, 0.3) is 0 Å². The maximum atomic E-state index is 12.3. The number of aryl methyl sites for hydroxylation is 2. The van der Waals surface area contributed by atoms with Crippen LogP contribution in [-0.2, 0) is 12.8 Å². The van der Waals surface area contributed by atoms with E-state index in [1.165, 1.54) is 21.5 Å². The minimum absolute atomic E-state index is 0.387. The molecule has 0 unspecified atom stereocenters. The van der Waals surface area contributed by atoms with E-state index in [0.717, 1.165) is 39.5 Å². The van der Waals surface area contributed by atoms with E-state index in [1.54, 1.807) is 17.6 Å². The molecule has 4 rings (SSSR count). The van der Waals surface area contributed by atoms with Crippen LogP contribution in [0.5, 0.6) is 0 Å². The van der Waals surface area contributed by atoms with Crippen molar-refractivity contribution in [1.29, 1.82) is 0 Å². The fourth-order valence-corrected chi connectivity index (χ4v) is 4.55. The van der Waals surface area contributed by atoms with E-state index in [2.05, 4.69) is 26.0 Å². The molecule has 1 aliphatic rings. The van der Waals surface area contributed by atoms with Gasteiger partial charge >= 0.3 is 5.69 Å². The topological polar surface area (TPSA) is 73.3 Å². The maximum Gasteiger partial charge on any atom is 0.371 e. The molecule has 0 spiro atoms. The first-order valence-corrected chi connectivity index (χ1v) is 9.37. The van der Waals surface area contributed by atoms with Crippen LogP contribution in [0, 0.1) is 0 Å². The summed E-state index contributed by atoms with van der Waals surface area (Å²) in [7, 11) is 0. The Morgan fingerprint density at radius 1 is 1.25 bits per heavy atom. The Kier molecular flexibility index (Phi) is 3.97. The summed E-state index contributed by atoms with van der Waals surface area (Å²) in [5, 5.41) is 5.17. The Morgan fingerprint density at radius 2 is 2.00 bits per heavy atom. The Hall–Kier alpha value is -1.99. The lowest BCUT2D eigenvalue weighted by Crippen LogP contribution is -2.22. The van der Waals surface area contributed by atoms with Crippen LogP contribution in [0.15, 0.2) is 38.6 Å². The maximum absolute atomic E-state index is 12.3. The zero-order valence-corrected chi connectivity index (χ0v) is 15.2. The average molecular weight is 403 g/mol. The lowest BCUT2D eigenvalue weighted by atomic mass is 9.97. The van der Waals surface area contributed by atoms with Gasteiger partial charge in [-0.05, 0) is 48.9 Å². The smallest absolute Gasteiger partial charge is 0.371 e. The summed E-state index contributed by atoms with van der Waals surface area (Å²) in [6, 6.07) is 7.66. The molecule has 1 aliphatic carbocycles. The predicted molar refractivity (Wildman–Crippen MR) is 102 cm³/mol. The van der Waals surface area contributed by atoms with Crippen LogP contribution in [0.3, 0.4) is 0 Å². The third kappa shape index (κ3) is 2.67. The quantitative estimate of drug-likeness (QED) is 0.665. The molecule has 0 bridgehead atoms. The number of hydrogen-bond donors (Lipinski definition) is 1. The molecule has 1 aromatic carbocycles. The molecule has 0 atom stereocenters. The minimum Gasteiger partial charge on any atom is -0.383 e. The summed E-state index contributed by atoms with van der Waals surface area (Å²) >= 11 is 4.99. The summed E-state index contributed by atoms with van der Waals surface area (Å²) in [6.45, 7) is 0. The molecule has 0 aliphatic heterocycles. The molecule has 2 N–H and O–H groups in total. The van der Waals surface area contributed by atoms with Crippen LogP contribution >= 0.6 is 27.3 Å². The van der Waals surface area contributed by atoms with E-state index in [0.29, 0.717) is 5.82 Å². The number of hydrogen-bond acceptors (Lipinski definition) is 5. The molecule has 0 saturated carbocycles. The summed E-state index contributed by atoms with van der Waals surface area (Å²) in [5.74, 6) is 0.387. The van der Waals surface area contributed by atoms with Crippen LogP contribution in [0.4, 0.5) is 5.82 Å². The first-order chi connectivity index (χ1) is 11.6. The van der Waals surface area contributed by atoms with Crippen LogP contribution in [-0.4, -0.2) is 15.9 Å². The normalized spacial score (nSPS) is 14.4. The molecular formula is C17H15BrN4OS. The molecule has 3 aromatic rings. The Labute approximate surface area is 151 Å². The molecule has 122 valence electrons. The van der Waals surface area contributed by atoms with Crippen molar-refractivity contribution in [3.8, 4) is 0 Å². The third-order valence-electron chi connectivity index (χ3n) is 4.21. The van der Waals surface area contributed by atoms with Crippen LogP contribution in [0.2, 0.25) is 0 Å². The largest absolute Gasteiger partial charge is 0.383 e. The molecule has 2 heterocycles. The molecule has 24 heavy (non-hydrogen) atoms. The third-order valence-corrected chi connectivity index (χ3v) is 5.92. The van der Waals surface area contributed by atoms with Crippen molar-refractivity contribution in [2.75, 3.05) is 5.73 Å². The van der Waals surface area contributed by atoms with E-state index in [9.17, 15) is 4.79 Å². The van der Waals surface area contributed by atoms with Gasteiger partial charge in [-0.1, -0.05) is 28.1 Å². The molecule has 0 amide bonds. The molecular weight excluding hydrogens is 388 g/mol. The van der Waals surface area contributed by atoms with Gasteiger partial charge in [-0.25, -0.2) is 4.79 Å². The van der Waals surface area contributed by atoms with Gasteiger partial charge in [-0.2, -0.15) is 14.8 Å². The number of nitrogen functional groups attached to an aromatic ring is 1. The summed E-state index contributed by atoms with van der Waals surface area (Å²) < 4.78 is 2.19. The zero-order valence-electron chi connectivity index (χ0n) is 12.8. The summed E-state index contributed by atoms with van der Waals surface area (Å²) in [5.41, 5.74) is 7.98. The summed E-state index contributed by atoms with van der Waals surface area (Å²) in [6.07, 6.45) is 6.00. The fourth-order valence-electron chi connectivity index (χ4n) is 3.02. The van der Waals surface area contributed by atoms with Gasteiger partial charge in [-0.15, -0.1) is 11.3 Å². The zero-order chi connectivity index (χ0) is 16.7. The Balaban J connectivity index is 1.83.